The van der Waals surface area contributed by atoms with Gasteiger partial charge in [0.15, 0.2) is 0 Å². The topological polar surface area (TPSA) is 114 Å². The molecule has 0 unspecified atom stereocenters. The molecule has 37 heavy (non-hydrogen) atoms. The normalized spacial score (nSPS) is 14.0. The molecular weight excluding hydrogens is 472 g/mol. The molecular formula is C27H26N6O4. The number of hydrogen-bond donors (Lipinski definition) is 1. The lowest BCUT2D eigenvalue weighted by Gasteiger charge is -2.36. The first kappa shape index (κ1) is 24.1. The summed E-state index contributed by atoms with van der Waals surface area (Å²) in [6.07, 6.45) is 1.27. The SMILES string of the molecule is O=C(Cn1cnc2ccc([N+](=O)[O-])cc2c1=O)Nc1ccc(N2CCN(Cc3ccccc3)CC2)cc1. The van der Waals surface area contributed by atoms with Gasteiger partial charge in [0.25, 0.3) is 11.2 Å². The third-order valence-electron chi connectivity index (χ3n) is 6.47. The molecule has 0 saturated carbocycles. The van der Waals surface area contributed by atoms with E-state index in [0.717, 1.165) is 43.0 Å². The zero-order chi connectivity index (χ0) is 25.8. The Morgan fingerprint density at radius 3 is 2.41 bits per heavy atom. The van der Waals surface area contributed by atoms with Crippen LogP contribution in [0.4, 0.5) is 17.1 Å². The van der Waals surface area contributed by atoms with Gasteiger partial charge in [-0.25, -0.2) is 4.98 Å². The zero-order valence-electron chi connectivity index (χ0n) is 20.1. The number of rotatable bonds is 7. The fourth-order valence-corrected chi connectivity index (χ4v) is 4.49. The Hall–Kier alpha value is -4.57. The molecule has 1 aliphatic heterocycles. The lowest BCUT2D eigenvalue weighted by Crippen LogP contribution is -2.45. The van der Waals surface area contributed by atoms with Crippen LogP contribution in [0.2, 0.25) is 0 Å². The second kappa shape index (κ2) is 10.6. The number of hydrogen-bond acceptors (Lipinski definition) is 7. The van der Waals surface area contributed by atoms with E-state index in [4.69, 9.17) is 0 Å². The van der Waals surface area contributed by atoms with Crippen molar-refractivity contribution in [1.82, 2.24) is 14.5 Å². The van der Waals surface area contributed by atoms with E-state index in [1.165, 1.54) is 30.1 Å². The first-order valence-corrected chi connectivity index (χ1v) is 12.0. The van der Waals surface area contributed by atoms with Crippen LogP contribution >= 0.6 is 0 Å². The number of carbonyl (C=O) groups is 1. The fourth-order valence-electron chi connectivity index (χ4n) is 4.49. The molecule has 5 rings (SSSR count). The molecule has 4 aromatic rings. The number of carbonyl (C=O) groups excluding carboxylic acids is 1. The number of amides is 1. The van der Waals surface area contributed by atoms with E-state index >= 15 is 0 Å². The van der Waals surface area contributed by atoms with E-state index in [-0.39, 0.29) is 17.6 Å². The van der Waals surface area contributed by atoms with Crippen LogP contribution in [-0.4, -0.2) is 51.5 Å². The molecule has 1 saturated heterocycles. The summed E-state index contributed by atoms with van der Waals surface area (Å²) in [5.74, 6) is -0.393. The van der Waals surface area contributed by atoms with Gasteiger partial charge in [0.05, 0.1) is 22.2 Å². The van der Waals surface area contributed by atoms with Crippen LogP contribution in [0.15, 0.2) is 83.9 Å². The van der Waals surface area contributed by atoms with Gasteiger partial charge in [-0.3, -0.25) is 29.2 Å². The molecule has 1 aromatic heterocycles. The molecule has 1 aliphatic rings. The molecule has 10 nitrogen and oxygen atoms in total. The van der Waals surface area contributed by atoms with Crippen LogP contribution < -0.4 is 15.8 Å². The average Bonchev–Trinajstić information content (AvgIpc) is 2.91. The summed E-state index contributed by atoms with van der Waals surface area (Å²) in [4.78, 5) is 44.7. The van der Waals surface area contributed by atoms with Crippen LogP contribution in [0.25, 0.3) is 10.9 Å². The molecule has 3 aromatic carbocycles. The lowest BCUT2D eigenvalue weighted by molar-refractivity contribution is -0.384. The van der Waals surface area contributed by atoms with Gasteiger partial charge >= 0.3 is 0 Å². The summed E-state index contributed by atoms with van der Waals surface area (Å²) < 4.78 is 1.14. The van der Waals surface area contributed by atoms with Gasteiger partial charge in [-0.2, -0.15) is 0 Å². The van der Waals surface area contributed by atoms with Crippen LogP contribution in [-0.2, 0) is 17.9 Å². The Balaban J connectivity index is 1.17. The molecule has 0 bridgehead atoms. The molecule has 0 radical (unpaired) electrons. The summed E-state index contributed by atoms with van der Waals surface area (Å²) in [5.41, 5.74) is 2.66. The number of aromatic nitrogens is 2. The van der Waals surface area contributed by atoms with Crippen LogP contribution in [0, 0.1) is 10.1 Å². The molecule has 10 heteroatoms. The smallest absolute Gasteiger partial charge is 0.270 e. The van der Waals surface area contributed by atoms with E-state index in [1.54, 1.807) is 0 Å². The highest BCUT2D eigenvalue weighted by Gasteiger charge is 2.18. The number of benzene rings is 3. The maximum Gasteiger partial charge on any atom is 0.270 e. The van der Waals surface area contributed by atoms with Crippen molar-refractivity contribution in [1.29, 1.82) is 0 Å². The first-order valence-electron chi connectivity index (χ1n) is 12.0. The Bertz CT molecular complexity index is 1480. The highest BCUT2D eigenvalue weighted by molar-refractivity contribution is 5.91. The minimum Gasteiger partial charge on any atom is -0.369 e. The molecule has 0 atom stereocenters. The fraction of sp³-hybridized carbons (Fsp3) is 0.222. The van der Waals surface area contributed by atoms with Crippen molar-refractivity contribution in [2.45, 2.75) is 13.1 Å². The first-order chi connectivity index (χ1) is 18.0. The van der Waals surface area contributed by atoms with Gasteiger partial charge in [0.2, 0.25) is 5.91 Å². The van der Waals surface area contributed by atoms with Gasteiger partial charge in [-0.1, -0.05) is 30.3 Å². The predicted octanol–water partition coefficient (Wildman–Crippen LogP) is 3.27. The minimum atomic E-state index is -0.572. The van der Waals surface area contributed by atoms with Gasteiger partial charge in [0.1, 0.15) is 6.54 Å². The van der Waals surface area contributed by atoms with Gasteiger partial charge in [-0.05, 0) is 35.9 Å². The number of non-ortho nitro benzene ring substituents is 1. The molecule has 2 heterocycles. The van der Waals surface area contributed by atoms with Crippen molar-refractivity contribution >= 4 is 33.9 Å². The number of nitrogens with zero attached hydrogens (tertiary/aromatic N) is 5. The molecule has 1 amide bonds. The summed E-state index contributed by atoms with van der Waals surface area (Å²) in [6.45, 7) is 4.50. The predicted molar refractivity (Wildman–Crippen MR) is 142 cm³/mol. The molecule has 0 spiro atoms. The summed E-state index contributed by atoms with van der Waals surface area (Å²) in [7, 11) is 0. The van der Waals surface area contributed by atoms with Crippen molar-refractivity contribution < 1.29 is 9.72 Å². The largest absolute Gasteiger partial charge is 0.369 e. The Kier molecular flexibility index (Phi) is 6.91. The second-order valence-corrected chi connectivity index (χ2v) is 8.98. The number of anilines is 2. The third kappa shape index (κ3) is 5.65. The van der Waals surface area contributed by atoms with Crippen LogP contribution in [0.1, 0.15) is 5.56 Å². The highest BCUT2D eigenvalue weighted by Crippen LogP contribution is 2.21. The van der Waals surface area contributed by atoms with Gasteiger partial charge < -0.3 is 10.2 Å². The van der Waals surface area contributed by atoms with Crippen LogP contribution in [0.5, 0.6) is 0 Å². The minimum absolute atomic E-state index is 0.0951. The van der Waals surface area contributed by atoms with Crippen molar-refractivity contribution in [3.05, 3.63) is 105 Å². The van der Waals surface area contributed by atoms with Crippen molar-refractivity contribution in [2.24, 2.45) is 0 Å². The number of fused-ring (bicyclic) bond motifs is 1. The van der Waals surface area contributed by atoms with E-state index in [1.807, 2.05) is 30.3 Å². The quantitative estimate of drug-likeness (QED) is 0.307. The van der Waals surface area contributed by atoms with Crippen molar-refractivity contribution in [3.63, 3.8) is 0 Å². The Morgan fingerprint density at radius 2 is 1.70 bits per heavy atom. The molecule has 1 N–H and O–H groups in total. The molecule has 188 valence electrons. The maximum atomic E-state index is 12.7. The maximum absolute atomic E-state index is 12.7. The number of nitrogens with one attached hydrogen (secondary N) is 1. The summed E-state index contributed by atoms with van der Waals surface area (Å²) >= 11 is 0. The standard InChI is InChI=1S/C27H26N6O4/c34-26(18-32-19-28-25-11-10-23(33(36)37)16-24(25)27(32)35)29-21-6-8-22(9-7-21)31-14-12-30(13-15-31)17-20-4-2-1-3-5-20/h1-11,16,19H,12-15,17-18H2,(H,29,34). The Labute approximate surface area is 212 Å². The lowest BCUT2D eigenvalue weighted by atomic mass is 10.2. The van der Waals surface area contributed by atoms with E-state index in [9.17, 15) is 19.7 Å². The highest BCUT2D eigenvalue weighted by atomic mass is 16.6. The average molecular weight is 499 g/mol. The number of piperazine rings is 1. The third-order valence-corrected chi connectivity index (χ3v) is 6.47. The number of nitro benzene ring substituents is 1. The van der Waals surface area contributed by atoms with E-state index in [2.05, 4.69) is 44.4 Å². The van der Waals surface area contributed by atoms with Gasteiger partial charge in [-0.15, -0.1) is 0 Å². The van der Waals surface area contributed by atoms with Crippen molar-refractivity contribution in [3.8, 4) is 0 Å². The zero-order valence-corrected chi connectivity index (χ0v) is 20.1. The van der Waals surface area contributed by atoms with E-state index in [0.29, 0.717) is 11.2 Å². The second-order valence-electron chi connectivity index (χ2n) is 8.98. The Morgan fingerprint density at radius 1 is 0.973 bits per heavy atom. The summed E-state index contributed by atoms with van der Waals surface area (Å²) in [5, 5.41) is 13.9. The monoisotopic (exact) mass is 498 g/mol. The van der Waals surface area contributed by atoms with Crippen molar-refractivity contribution in [2.75, 3.05) is 36.4 Å². The number of nitro groups is 1. The molecule has 0 aliphatic carbocycles. The molecule has 1 fully saturated rings. The van der Waals surface area contributed by atoms with Crippen LogP contribution in [0.3, 0.4) is 0 Å². The van der Waals surface area contributed by atoms with Gasteiger partial charge in [0, 0.05) is 56.2 Å². The summed E-state index contributed by atoms with van der Waals surface area (Å²) in [6, 6.07) is 22.0. The van der Waals surface area contributed by atoms with E-state index < -0.39 is 16.4 Å².